The molecule has 0 radical (unpaired) electrons. The summed E-state index contributed by atoms with van der Waals surface area (Å²) in [4.78, 5) is 22.4. The van der Waals surface area contributed by atoms with Crippen LogP contribution in [-0.4, -0.2) is 17.9 Å². The van der Waals surface area contributed by atoms with Gasteiger partial charge in [-0.2, -0.15) is 13.2 Å². The van der Waals surface area contributed by atoms with Crippen LogP contribution >= 0.6 is 0 Å². The molecule has 0 bridgehead atoms. The van der Waals surface area contributed by atoms with Crippen LogP contribution < -0.4 is 5.11 Å². The van der Waals surface area contributed by atoms with Crippen molar-refractivity contribution >= 4 is 11.8 Å². The Morgan fingerprint density at radius 2 is 1.71 bits per heavy atom. The molecule has 1 rings (SSSR count). The minimum Gasteiger partial charge on any atom is -0.545 e. The Morgan fingerprint density at radius 1 is 1.10 bits per heavy atom. The molecular formula is C15H16F3O3-. The van der Waals surface area contributed by atoms with Gasteiger partial charge >= 0.3 is 6.18 Å². The summed E-state index contributed by atoms with van der Waals surface area (Å²) in [7, 11) is 0. The first-order valence-corrected chi connectivity index (χ1v) is 6.73. The number of carbonyl (C=O) groups excluding carboxylic acids is 2. The summed E-state index contributed by atoms with van der Waals surface area (Å²) in [5.41, 5.74) is -1.03. The molecule has 1 aromatic carbocycles. The molecule has 0 aliphatic rings. The van der Waals surface area contributed by atoms with Gasteiger partial charge in [-0.05, 0) is 18.4 Å². The Kier molecular flexibility index (Phi) is 5.93. The van der Waals surface area contributed by atoms with Crippen molar-refractivity contribution in [1.82, 2.24) is 0 Å². The molecular weight excluding hydrogens is 285 g/mol. The first-order chi connectivity index (χ1) is 9.79. The van der Waals surface area contributed by atoms with Gasteiger partial charge in [0.25, 0.3) is 5.78 Å². The molecule has 0 aliphatic carbocycles. The van der Waals surface area contributed by atoms with Crippen molar-refractivity contribution in [2.75, 3.05) is 0 Å². The van der Waals surface area contributed by atoms with Crippen LogP contribution in [0.1, 0.15) is 58.9 Å². The zero-order valence-electron chi connectivity index (χ0n) is 11.6. The number of unbranched alkanes of at least 4 members (excludes halogenated alkanes) is 3. The van der Waals surface area contributed by atoms with Gasteiger partial charge in [-0.15, -0.1) is 0 Å². The van der Waals surface area contributed by atoms with Gasteiger partial charge in [0.2, 0.25) is 0 Å². The lowest BCUT2D eigenvalue weighted by atomic mass is 9.93. The van der Waals surface area contributed by atoms with Crippen molar-refractivity contribution < 1.29 is 27.9 Å². The van der Waals surface area contributed by atoms with Crippen LogP contribution in [0.25, 0.3) is 0 Å². The predicted octanol–water partition coefficient (Wildman–Crippen LogP) is 2.92. The lowest BCUT2D eigenvalue weighted by molar-refractivity contribution is -0.255. The second kappa shape index (κ2) is 7.24. The molecule has 6 heteroatoms. The van der Waals surface area contributed by atoms with Gasteiger partial charge < -0.3 is 9.90 Å². The van der Waals surface area contributed by atoms with E-state index in [-0.39, 0.29) is 17.5 Å². The van der Waals surface area contributed by atoms with E-state index in [2.05, 4.69) is 0 Å². The molecule has 1 aromatic rings. The van der Waals surface area contributed by atoms with Crippen LogP contribution in [0.2, 0.25) is 0 Å². The Balaban J connectivity index is 3.15. The smallest absolute Gasteiger partial charge is 0.454 e. The van der Waals surface area contributed by atoms with E-state index in [1.807, 2.05) is 6.92 Å². The van der Waals surface area contributed by atoms with Crippen LogP contribution in [0.5, 0.6) is 0 Å². The molecule has 0 saturated heterocycles. The number of Topliss-reactive ketones (excluding diaryl/α,β-unsaturated/α-hetero) is 1. The zero-order chi connectivity index (χ0) is 16.0. The number of carboxylic acid groups (broad SMARTS) is 1. The highest BCUT2D eigenvalue weighted by Gasteiger charge is 2.40. The first kappa shape index (κ1) is 17.2. The number of hydrogen-bond donors (Lipinski definition) is 0. The lowest BCUT2D eigenvalue weighted by Crippen LogP contribution is -2.28. The molecule has 0 heterocycles. The monoisotopic (exact) mass is 301 g/mol. The highest BCUT2D eigenvalue weighted by Crippen LogP contribution is 2.26. The minimum absolute atomic E-state index is 0.0871. The number of carbonyl (C=O) groups is 2. The first-order valence-electron chi connectivity index (χ1n) is 6.73. The third-order valence-corrected chi connectivity index (χ3v) is 3.18. The Bertz CT molecular complexity index is 521. The fourth-order valence-electron chi connectivity index (χ4n) is 2.14. The van der Waals surface area contributed by atoms with Gasteiger partial charge in [0.05, 0.1) is 5.97 Å². The van der Waals surface area contributed by atoms with Gasteiger partial charge in [0.1, 0.15) is 0 Å². The van der Waals surface area contributed by atoms with Crippen molar-refractivity contribution in [3.63, 3.8) is 0 Å². The average molecular weight is 301 g/mol. The number of halogens is 3. The highest BCUT2D eigenvalue weighted by molar-refractivity contribution is 6.03. The number of ketones is 1. The molecule has 0 amide bonds. The van der Waals surface area contributed by atoms with Gasteiger partial charge in [-0.25, -0.2) is 0 Å². The molecule has 0 atom stereocenters. The molecule has 0 fully saturated rings. The number of hydrogen-bond acceptors (Lipinski definition) is 3. The van der Waals surface area contributed by atoms with E-state index < -0.39 is 23.5 Å². The second-order valence-electron chi connectivity index (χ2n) is 4.76. The minimum atomic E-state index is -5.03. The zero-order valence-corrected chi connectivity index (χ0v) is 11.6. The van der Waals surface area contributed by atoms with Crippen LogP contribution in [-0.2, 0) is 6.42 Å². The number of rotatable bonds is 7. The maximum atomic E-state index is 12.6. The summed E-state index contributed by atoms with van der Waals surface area (Å²) in [6.07, 6.45) is -1.79. The summed E-state index contributed by atoms with van der Waals surface area (Å²) in [6.45, 7) is 1.98. The molecule has 0 spiro atoms. The third-order valence-electron chi connectivity index (χ3n) is 3.18. The van der Waals surface area contributed by atoms with Gasteiger partial charge in [-0.1, -0.05) is 44.4 Å². The second-order valence-corrected chi connectivity index (χ2v) is 4.76. The SMILES string of the molecule is CCCCCCc1c(C(=O)[O-])cccc1C(=O)C(F)(F)F. The van der Waals surface area contributed by atoms with E-state index in [9.17, 15) is 27.9 Å². The fraction of sp³-hybridized carbons (Fsp3) is 0.467. The molecule has 0 aliphatic heterocycles. The normalized spacial score (nSPS) is 11.4. The largest absolute Gasteiger partial charge is 0.545 e. The van der Waals surface area contributed by atoms with Gasteiger partial charge in [0, 0.05) is 11.1 Å². The topological polar surface area (TPSA) is 57.2 Å². The fourth-order valence-corrected chi connectivity index (χ4v) is 2.14. The molecule has 116 valence electrons. The van der Waals surface area contributed by atoms with E-state index in [0.717, 1.165) is 37.5 Å². The Labute approximate surface area is 120 Å². The van der Waals surface area contributed by atoms with Crippen molar-refractivity contribution in [1.29, 1.82) is 0 Å². The Morgan fingerprint density at radius 3 is 2.24 bits per heavy atom. The average Bonchev–Trinajstić information content (AvgIpc) is 2.41. The number of alkyl halides is 3. The maximum Gasteiger partial charge on any atom is 0.454 e. The van der Waals surface area contributed by atoms with Gasteiger partial charge in [-0.3, -0.25) is 4.79 Å². The maximum absolute atomic E-state index is 12.6. The molecule has 0 aromatic heterocycles. The van der Waals surface area contributed by atoms with Gasteiger partial charge in [0.15, 0.2) is 0 Å². The summed E-state index contributed by atoms with van der Waals surface area (Å²) in [6, 6.07) is 3.30. The number of aromatic carboxylic acids is 1. The van der Waals surface area contributed by atoms with Crippen molar-refractivity contribution in [2.24, 2.45) is 0 Å². The van der Waals surface area contributed by atoms with Crippen molar-refractivity contribution in [2.45, 2.75) is 45.2 Å². The number of benzene rings is 1. The third kappa shape index (κ3) is 4.58. The van der Waals surface area contributed by atoms with Crippen LogP contribution in [0.3, 0.4) is 0 Å². The molecule has 0 N–H and O–H groups in total. The van der Waals surface area contributed by atoms with E-state index in [4.69, 9.17) is 0 Å². The number of carboxylic acids is 1. The summed E-state index contributed by atoms with van der Waals surface area (Å²) >= 11 is 0. The molecule has 21 heavy (non-hydrogen) atoms. The lowest BCUT2D eigenvalue weighted by Gasteiger charge is -2.16. The summed E-state index contributed by atoms with van der Waals surface area (Å²) in [5.74, 6) is -3.59. The van der Waals surface area contributed by atoms with E-state index in [1.54, 1.807) is 0 Å². The molecule has 0 unspecified atom stereocenters. The van der Waals surface area contributed by atoms with Crippen LogP contribution in [0, 0.1) is 0 Å². The van der Waals surface area contributed by atoms with Crippen molar-refractivity contribution in [3.8, 4) is 0 Å². The highest BCUT2D eigenvalue weighted by atomic mass is 19.4. The summed E-state index contributed by atoms with van der Waals surface area (Å²) < 4.78 is 37.7. The van der Waals surface area contributed by atoms with E-state index >= 15 is 0 Å². The van der Waals surface area contributed by atoms with E-state index in [1.165, 1.54) is 0 Å². The quantitative estimate of drug-likeness (QED) is 0.575. The molecule has 3 nitrogen and oxygen atoms in total. The van der Waals surface area contributed by atoms with E-state index in [0.29, 0.717) is 6.42 Å². The van der Waals surface area contributed by atoms with Crippen molar-refractivity contribution in [3.05, 3.63) is 34.9 Å². The van der Waals surface area contributed by atoms with Crippen LogP contribution in [0.4, 0.5) is 13.2 Å². The van der Waals surface area contributed by atoms with Crippen LogP contribution in [0.15, 0.2) is 18.2 Å². The molecule has 0 saturated carbocycles. The standard InChI is InChI=1S/C15H17F3O3/c1-2-3-4-5-7-10-11(13(19)15(16,17)18)8-6-9-12(10)14(20)21/h6,8-9H,2-5,7H2,1H3,(H,20,21)/p-1. The summed E-state index contributed by atoms with van der Waals surface area (Å²) in [5, 5.41) is 11.0. The Hall–Kier alpha value is -1.85. The predicted molar refractivity (Wildman–Crippen MR) is 69.0 cm³/mol.